The smallest absolute Gasteiger partial charge is 0.253 e. The highest BCUT2D eigenvalue weighted by molar-refractivity contribution is 6.31. The lowest BCUT2D eigenvalue weighted by atomic mass is 9.76. The Bertz CT molecular complexity index is 1120. The molecule has 0 bridgehead atoms. The van der Waals surface area contributed by atoms with Crippen LogP contribution in [0.3, 0.4) is 0 Å². The molecule has 2 aromatic rings. The molecule has 3 aliphatic rings. The van der Waals surface area contributed by atoms with Crippen molar-refractivity contribution in [2.45, 2.75) is 24.9 Å². The van der Waals surface area contributed by atoms with E-state index >= 15 is 0 Å². The van der Waals surface area contributed by atoms with Gasteiger partial charge in [-0.2, -0.15) is 0 Å². The Labute approximate surface area is 185 Å². The Morgan fingerprint density at radius 1 is 1.10 bits per heavy atom. The van der Waals surface area contributed by atoms with Gasteiger partial charge in [0.15, 0.2) is 0 Å². The summed E-state index contributed by atoms with van der Waals surface area (Å²) in [7, 11) is 0. The largest absolute Gasteiger partial charge is 0.306 e. The fourth-order valence-electron chi connectivity index (χ4n) is 5.45. The Balaban J connectivity index is 1.68. The van der Waals surface area contributed by atoms with Gasteiger partial charge in [0.2, 0.25) is 11.8 Å². The number of rotatable bonds is 4. The van der Waals surface area contributed by atoms with Crippen molar-refractivity contribution < 1.29 is 14.4 Å². The van der Waals surface area contributed by atoms with Crippen molar-refractivity contribution in [1.82, 2.24) is 5.32 Å². The summed E-state index contributed by atoms with van der Waals surface area (Å²) in [6.45, 7) is 6.07. The first kappa shape index (κ1) is 20.0. The maximum absolute atomic E-state index is 13.8. The van der Waals surface area contributed by atoms with Crippen molar-refractivity contribution in [3.63, 3.8) is 0 Å². The van der Waals surface area contributed by atoms with Crippen molar-refractivity contribution in [1.29, 1.82) is 0 Å². The van der Waals surface area contributed by atoms with E-state index in [1.807, 2.05) is 31.2 Å². The van der Waals surface area contributed by atoms with Crippen LogP contribution in [0.1, 0.15) is 18.9 Å². The predicted octanol–water partition coefficient (Wildman–Crippen LogP) is 3.26. The monoisotopic (exact) mass is 435 g/mol. The van der Waals surface area contributed by atoms with E-state index in [-0.39, 0.29) is 23.8 Å². The number of nitrogens with zero attached hydrogens (tertiary/aromatic N) is 2. The van der Waals surface area contributed by atoms with E-state index in [9.17, 15) is 14.4 Å². The van der Waals surface area contributed by atoms with Gasteiger partial charge in [-0.15, -0.1) is 6.58 Å². The second-order valence-electron chi connectivity index (χ2n) is 8.18. The summed E-state index contributed by atoms with van der Waals surface area (Å²) in [4.78, 5) is 44.0. The topological polar surface area (TPSA) is 69.7 Å². The molecule has 0 aliphatic carbocycles. The minimum Gasteiger partial charge on any atom is -0.306 e. The number of carbonyl (C=O) groups excluding carboxylic acids is 3. The van der Waals surface area contributed by atoms with Crippen molar-refractivity contribution in [2.75, 3.05) is 16.3 Å². The average molecular weight is 436 g/mol. The zero-order chi connectivity index (χ0) is 21.9. The molecule has 4 atom stereocenters. The average Bonchev–Trinajstić information content (AvgIpc) is 3.34. The molecule has 2 fully saturated rings. The van der Waals surface area contributed by atoms with E-state index in [2.05, 4.69) is 11.9 Å². The molecule has 3 aliphatic heterocycles. The molecule has 0 radical (unpaired) electrons. The van der Waals surface area contributed by atoms with Gasteiger partial charge in [0, 0.05) is 28.9 Å². The second-order valence-corrected chi connectivity index (χ2v) is 8.62. The van der Waals surface area contributed by atoms with Gasteiger partial charge in [0.05, 0.1) is 17.5 Å². The van der Waals surface area contributed by atoms with Crippen LogP contribution in [0.2, 0.25) is 5.02 Å². The number of fused-ring (bicyclic) bond motifs is 4. The lowest BCUT2D eigenvalue weighted by molar-refractivity contribution is -0.132. The van der Waals surface area contributed by atoms with Gasteiger partial charge < -0.3 is 4.90 Å². The SMILES string of the molecule is C=CCN1C(=O)[C@]2(N[C@@H](CC)[C@H]3C(=O)N(c4ccc(Cl)cc4)C(=O)[C@H]32)c2ccccc21. The van der Waals surface area contributed by atoms with Gasteiger partial charge in [-0.3, -0.25) is 19.7 Å². The molecule has 1 N–H and O–H groups in total. The molecule has 31 heavy (non-hydrogen) atoms. The summed E-state index contributed by atoms with van der Waals surface area (Å²) in [6.07, 6.45) is 2.28. The van der Waals surface area contributed by atoms with Crippen molar-refractivity contribution in [3.8, 4) is 0 Å². The normalized spacial score (nSPS) is 29.1. The van der Waals surface area contributed by atoms with Crippen LogP contribution in [0.5, 0.6) is 0 Å². The molecule has 2 saturated heterocycles. The van der Waals surface area contributed by atoms with Gasteiger partial charge in [-0.05, 0) is 36.8 Å². The first-order valence-corrected chi connectivity index (χ1v) is 10.8. The molecule has 5 rings (SSSR count). The summed E-state index contributed by atoms with van der Waals surface area (Å²) < 4.78 is 0. The van der Waals surface area contributed by atoms with E-state index in [0.717, 1.165) is 11.3 Å². The van der Waals surface area contributed by atoms with Crippen LogP contribution in [0.25, 0.3) is 0 Å². The van der Waals surface area contributed by atoms with Gasteiger partial charge in [-0.25, -0.2) is 4.90 Å². The van der Waals surface area contributed by atoms with Gasteiger partial charge in [0.1, 0.15) is 5.54 Å². The summed E-state index contributed by atoms with van der Waals surface area (Å²) in [5.41, 5.74) is 0.701. The highest BCUT2D eigenvalue weighted by Crippen LogP contribution is 2.55. The van der Waals surface area contributed by atoms with Crippen LogP contribution in [0.15, 0.2) is 61.2 Å². The van der Waals surface area contributed by atoms with Crippen molar-refractivity contribution >= 4 is 40.7 Å². The molecule has 158 valence electrons. The minimum atomic E-state index is -1.27. The van der Waals surface area contributed by atoms with Crippen LogP contribution in [0, 0.1) is 11.8 Å². The van der Waals surface area contributed by atoms with Gasteiger partial charge >= 0.3 is 0 Å². The third kappa shape index (κ3) is 2.52. The van der Waals surface area contributed by atoms with E-state index in [0.29, 0.717) is 23.7 Å². The molecule has 6 nitrogen and oxygen atoms in total. The fraction of sp³-hybridized carbons (Fsp3) is 0.292. The molecule has 1 spiro atoms. The summed E-state index contributed by atoms with van der Waals surface area (Å²) >= 11 is 6.00. The van der Waals surface area contributed by atoms with E-state index < -0.39 is 17.4 Å². The summed E-state index contributed by atoms with van der Waals surface area (Å²) in [6, 6.07) is 13.8. The molecule has 3 heterocycles. The van der Waals surface area contributed by atoms with Gasteiger partial charge in [-0.1, -0.05) is 42.8 Å². The Morgan fingerprint density at radius 3 is 2.48 bits per heavy atom. The quantitative estimate of drug-likeness (QED) is 0.591. The molecule has 3 amide bonds. The lowest BCUT2D eigenvalue weighted by Crippen LogP contribution is -2.55. The predicted molar refractivity (Wildman–Crippen MR) is 119 cm³/mol. The fourth-order valence-corrected chi connectivity index (χ4v) is 5.58. The maximum Gasteiger partial charge on any atom is 0.253 e. The Morgan fingerprint density at radius 2 is 1.81 bits per heavy atom. The third-order valence-corrected chi connectivity index (χ3v) is 6.95. The molecular formula is C24H22ClN3O3. The molecule has 7 heteroatoms. The number of hydrogen-bond donors (Lipinski definition) is 1. The lowest BCUT2D eigenvalue weighted by Gasteiger charge is -2.30. The molecule has 0 aromatic heterocycles. The van der Waals surface area contributed by atoms with Crippen LogP contribution in [-0.2, 0) is 19.9 Å². The summed E-state index contributed by atoms with van der Waals surface area (Å²) in [5.74, 6) is -2.28. The van der Waals surface area contributed by atoms with Crippen molar-refractivity contribution in [3.05, 3.63) is 71.8 Å². The highest BCUT2D eigenvalue weighted by atomic mass is 35.5. The van der Waals surface area contributed by atoms with Gasteiger partial charge in [0.25, 0.3) is 5.91 Å². The van der Waals surface area contributed by atoms with Crippen LogP contribution >= 0.6 is 11.6 Å². The minimum absolute atomic E-state index is 0.210. The molecule has 0 saturated carbocycles. The van der Waals surface area contributed by atoms with E-state index in [1.165, 1.54) is 4.90 Å². The number of halogens is 1. The number of hydrogen-bond acceptors (Lipinski definition) is 4. The van der Waals surface area contributed by atoms with E-state index in [4.69, 9.17) is 11.6 Å². The number of amides is 3. The molecule has 2 aromatic carbocycles. The van der Waals surface area contributed by atoms with Crippen LogP contribution < -0.4 is 15.1 Å². The first-order chi connectivity index (χ1) is 15.0. The number of para-hydroxylation sites is 1. The second kappa shape index (κ2) is 7.04. The molecular weight excluding hydrogens is 414 g/mol. The number of nitrogens with one attached hydrogen (secondary N) is 1. The summed E-state index contributed by atoms with van der Waals surface area (Å²) in [5, 5.41) is 3.96. The number of carbonyl (C=O) groups is 3. The number of imide groups is 1. The third-order valence-electron chi connectivity index (χ3n) is 6.70. The zero-order valence-corrected chi connectivity index (χ0v) is 17.8. The number of anilines is 2. The Kier molecular flexibility index (Phi) is 4.53. The maximum atomic E-state index is 13.8. The highest BCUT2D eigenvalue weighted by Gasteiger charge is 2.71. The zero-order valence-electron chi connectivity index (χ0n) is 17.0. The van der Waals surface area contributed by atoms with Crippen LogP contribution in [0.4, 0.5) is 11.4 Å². The van der Waals surface area contributed by atoms with E-state index in [1.54, 1.807) is 35.2 Å². The standard InChI is InChI=1S/C24H22ClN3O3/c1-3-13-27-18-8-6-5-7-16(18)24(23(27)31)20-19(17(4-2)26-24)21(29)28(22(20)30)15-11-9-14(25)10-12-15/h3,5-12,17,19-20,26H,1,4,13H2,2H3/t17-,19+,20-,24-/m0/s1. The molecule has 0 unspecified atom stereocenters. The van der Waals surface area contributed by atoms with Crippen LogP contribution in [-0.4, -0.2) is 30.3 Å². The Hall–Kier alpha value is -2.96. The van der Waals surface area contributed by atoms with Crippen molar-refractivity contribution in [2.24, 2.45) is 11.8 Å². The number of benzene rings is 2. The first-order valence-electron chi connectivity index (χ1n) is 10.4.